The third kappa shape index (κ3) is 3.53. The van der Waals surface area contributed by atoms with Gasteiger partial charge in [-0.15, -0.1) is 0 Å². The van der Waals surface area contributed by atoms with Gasteiger partial charge >= 0.3 is 0 Å². The normalized spacial score (nSPS) is 14.4. The van der Waals surface area contributed by atoms with Gasteiger partial charge in [0.2, 0.25) is 0 Å². The van der Waals surface area contributed by atoms with Crippen LogP contribution in [-0.4, -0.2) is 46.9 Å². The van der Waals surface area contributed by atoms with Crippen molar-refractivity contribution in [1.82, 2.24) is 14.7 Å². The molecule has 0 atom stereocenters. The van der Waals surface area contributed by atoms with Gasteiger partial charge in [0, 0.05) is 31.0 Å². The minimum absolute atomic E-state index is 0.0736. The lowest BCUT2D eigenvalue weighted by Gasteiger charge is -2.27. The molecule has 1 aromatic heterocycles. The zero-order valence-corrected chi connectivity index (χ0v) is 14.5. The van der Waals surface area contributed by atoms with E-state index in [0.717, 1.165) is 23.2 Å². The molecular formula is C21H21N3O2. The predicted octanol–water partition coefficient (Wildman–Crippen LogP) is 3.07. The molecule has 1 aliphatic heterocycles. The molecule has 2 aromatic carbocycles. The number of ether oxygens (including phenoxy) is 1. The summed E-state index contributed by atoms with van der Waals surface area (Å²) in [5, 5.41) is 4.24. The zero-order valence-electron chi connectivity index (χ0n) is 14.5. The van der Waals surface area contributed by atoms with Crippen LogP contribution in [0.3, 0.4) is 0 Å². The molecule has 1 fully saturated rings. The second kappa shape index (κ2) is 7.54. The molecule has 1 amide bonds. The smallest absolute Gasteiger partial charge is 0.254 e. The van der Waals surface area contributed by atoms with Crippen LogP contribution < -0.4 is 0 Å². The van der Waals surface area contributed by atoms with Crippen LogP contribution in [0.1, 0.15) is 15.9 Å². The summed E-state index contributed by atoms with van der Waals surface area (Å²) in [7, 11) is 0. The molecule has 0 aliphatic carbocycles. The van der Waals surface area contributed by atoms with E-state index in [9.17, 15) is 4.79 Å². The van der Waals surface area contributed by atoms with E-state index in [-0.39, 0.29) is 5.91 Å². The summed E-state index contributed by atoms with van der Waals surface area (Å²) in [5.74, 6) is 0.0736. The lowest BCUT2D eigenvalue weighted by molar-refractivity contribution is 0.0303. The van der Waals surface area contributed by atoms with Crippen LogP contribution in [0.5, 0.6) is 0 Å². The Morgan fingerprint density at radius 2 is 1.77 bits per heavy atom. The van der Waals surface area contributed by atoms with Crippen LogP contribution in [-0.2, 0) is 11.3 Å². The number of rotatable bonds is 4. The number of amides is 1. The number of hydrogen-bond donors (Lipinski definition) is 0. The van der Waals surface area contributed by atoms with Gasteiger partial charge in [-0.05, 0) is 28.8 Å². The molecule has 3 aromatic rings. The fourth-order valence-corrected chi connectivity index (χ4v) is 3.23. The van der Waals surface area contributed by atoms with Crippen LogP contribution in [0.2, 0.25) is 0 Å². The topological polar surface area (TPSA) is 47.4 Å². The van der Waals surface area contributed by atoms with Crippen molar-refractivity contribution in [2.24, 2.45) is 0 Å². The van der Waals surface area contributed by atoms with E-state index in [1.165, 1.54) is 5.56 Å². The van der Waals surface area contributed by atoms with Crippen LogP contribution in [0.15, 0.2) is 67.0 Å². The van der Waals surface area contributed by atoms with Crippen molar-refractivity contribution in [3.8, 4) is 11.1 Å². The first-order valence-electron chi connectivity index (χ1n) is 8.84. The molecule has 1 aliphatic rings. The monoisotopic (exact) mass is 347 g/mol. The summed E-state index contributed by atoms with van der Waals surface area (Å²) in [6, 6.07) is 18.1. The molecule has 4 rings (SSSR count). The van der Waals surface area contributed by atoms with Gasteiger partial charge in [-0.1, -0.05) is 42.5 Å². The van der Waals surface area contributed by atoms with Gasteiger partial charge < -0.3 is 9.64 Å². The van der Waals surface area contributed by atoms with Crippen molar-refractivity contribution in [1.29, 1.82) is 0 Å². The largest absolute Gasteiger partial charge is 0.378 e. The highest BCUT2D eigenvalue weighted by molar-refractivity contribution is 6.00. The van der Waals surface area contributed by atoms with Crippen molar-refractivity contribution in [3.05, 3.63) is 78.1 Å². The maximum Gasteiger partial charge on any atom is 0.254 e. The summed E-state index contributed by atoms with van der Waals surface area (Å²) in [6.45, 7) is 3.25. The zero-order chi connectivity index (χ0) is 17.8. The third-order valence-electron chi connectivity index (χ3n) is 4.62. The van der Waals surface area contributed by atoms with Crippen molar-refractivity contribution in [2.75, 3.05) is 26.3 Å². The Kier molecular flexibility index (Phi) is 4.80. The number of nitrogens with zero attached hydrogens (tertiary/aromatic N) is 3. The molecule has 2 heterocycles. The van der Waals surface area contributed by atoms with E-state index in [1.807, 2.05) is 46.1 Å². The van der Waals surface area contributed by atoms with Crippen LogP contribution in [0, 0.1) is 0 Å². The number of benzene rings is 2. The highest BCUT2D eigenvalue weighted by Crippen LogP contribution is 2.25. The third-order valence-corrected chi connectivity index (χ3v) is 4.62. The molecule has 0 saturated carbocycles. The van der Waals surface area contributed by atoms with Gasteiger partial charge in [0.05, 0.1) is 19.8 Å². The number of morpholine rings is 1. The first-order valence-corrected chi connectivity index (χ1v) is 8.84. The number of hydrogen-bond acceptors (Lipinski definition) is 3. The molecule has 132 valence electrons. The van der Waals surface area contributed by atoms with Gasteiger partial charge in [0.25, 0.3) is 5.91 Å². The Morgan fingerprint density at radius 3 is 2.50 bits per heavy atom. The molecule has 5 nitrogen and oxygen atoms in total. The predicted molar refractivity (Wildman–Crippen MR) is 99.9 cm³/mol. The number of carbonyl (C=O) groups is 1. The van der Waals surface area contributed by atoms with Crippen LogP contribution in [0.25, 0.3) is 11.1 Å². The summed E-state index contributed by atoms with van der Waals surface area (Å²) >= 11 is 0. The SMILES string of the molecule is O=C(c1ccccc1-c1ccc(Cn2cccn2)cc1)N1CCOCC1. The van der Waals surface area contributed by atoms with Gasteiger partial charge in [0.1, 0.15) is 0 Å². The minimum atomic E-state index is 0.0736. The lowest BCUT2D eigenvalue weighted by atomic mass is 9.97. The van der Waals surface area contributed by atoms with E-state index >= 15 is 0 Å². The van der Waals surface area contributed by atoms with Gasteiger partial charge in [-0.3, -0.25) is 9.48 Å². The Balaban J connectivity index is 1.58. The van der Waals surface area contributed by atoms with Crippen LogP contribution >= 0.6 is 0 Å². The van der Waals surface area contributed by atoms with E-state index in [4.69, 9.17) is 4.74 Å². The Bertz CT molecular complexity index is 867. The standard InChI is InChI=1S/C21H21N3O2/c25-21(23-12-14-26-15-13-23)20-5-2-1-4-19(20)18-8-6-17(7-9-18)16-24-11-3-10-22-24/h1-11H,12-16H2. The van der Waals surface area contributed by atoms with Crippen LogP contribution in [0.4, 0.5) is 0 Å². The van der Waals surface area contributed by atoms with E-state index in [2.05, 4.69) is 29.4 Å². The fourth-order valence-electron chi connectivity index (χ4n) is 3.23. The highest BCUT2D eigenvalue weighted by Gasteiger charge is 2.21. The van der Waals surface area contributed by atoms with Crippen molar-refractivity contribution in [3.63, 3.8) is 0 Å². The van der Waals surface area contributed by atoms with E-state index < -0.39 is 0 Å². The second-order valence-electron chi connectivity index (χ2n) is 6.35. The molecule has 0 spiro atoms. The van der Waals surface area contributed by atoms with E-state index in [0.29, 0.717) is 26.3 Å². The average molecular weight is 347 g/mol. The molecule has 0 bridgehead atoms. The second-order valence-corrected chi connectivity index (χ2v) is 6.35. The molecule has 0 N–H and O–H groups in total. The summed E-state index contributed by atoms with van der Waals surface area (Å²) in [4.78, 5) is 14.8. The Labute approximate surface area is 152 Å². The first kappa shape index (κ1) is 16.5. The summed E-state index contributed by atoms with van der Waals surface area (Å²) in [6.07, 6.45) is 3.73. The maximum absolute atomic E-state index is 12.9. The Hall–Kier alpha value is -2.92. The molecule has 0 unspecified atom stereocenters. The lowest BCUT2D eigenvalue weighted by Crippen LogP contribution is -2.40. The van der Waals surface area contributed by atoms with E-state index in [1.54, 1.807) is 6.20 Å². The molecule has 0 radical (unpaired) electrons. The maximum atomic E-state index is 12.9. The summed E-state index contributed by atoms with van der Waals surface area (Å²) in [5.41, 5.74) is 3.93. The molecular weight excluding hydrogens is 326 g/mol. The van der Waals surface area contributed by atoms with Gasteiger partial charge in [-0.2, -0.15) is 5.10 Å². The van der Waals surface area contributed by atoms with Crippen molar-refractivity contribution >= 4 is 5.91 Å². The quantitative estimate of drug-likeness (QED) is 0.729. The first-order chi connectivity index (χ1) is 12.8. The van der Waals surface area contributed by atoms with Gasteiger partial charge in [-0.25, -0.2) is 0 Å². The fraction of sp³-hybridized carbons (Fsp3) is 0.238. The van der Waals surface area contributed by atoms with Crippen molar-refractivity contribution < 1.29 is 9.53 Å². The minimum Gasteiger partial charge on any atom is -0.378 e. The summed E-state index contributed by atoms with van der Waals surface area (Å²) < 4.78 is 7.25. The highest BCUT2D eigenvalue weighted by atomic mass is 16.5. The molecule has 5 heteroatoms. The number of carbonyl (C=O) groups excluding carboxylic acids is 1. The molecule has 1 saturated heterocycles. The number of aromatic nitrogens is 2. The van der Waals surface area contributed by atoms with Crippen molar-refractivity contribution in [2.45, 2.75) is 6.54 Å². The average Bonchev–Trinajstić information content (AvgIpc) is 3.22. The van der Waals surface area contributed by atoms with Gasteiger partial charge in [0.15, 0.2) is 0 Å². The molecule has 26 heavy (non-hydrogen) atoms. The Morgan fingerprint density at radius 1 is 1.00 bits per heavy atom.